The Morgan fingerprint density at radius 2 is 2.20 bits per heavy atom. The van der Waals surface area contributed by atoms with Crippen LogP contribution < -0.4 is 5.32 Å². The number of likely N-dealkylation sites (tertiary alicyclic amines) is 1. The Morgan fingerprint density at radius 3 is 2.80 bits per heavy atom. The van der Waals surface area contributed by atoms with Crippen LogP contribution in [0.15, 0.2) is 30.3 Å². The fourth-order valence-corrected chi connectivity index (χ4v) is 2.96. The molecule has 1 fully saturated rings. The van der Waals surface area contributed by atoms with E-state index < -0.39 is 5.54 Å². The maximum Gasteiger partial charge on any atom is 0.144 e. The van der Waals surface area contributed by atoms with E-state index in [0.717, 1.165) is 31.7 Å². The van der Waals surface area contributed by atoms with E-state index in [0.29, 0.717) is 12.5 Å². The highest BCUT2D eigenvalue weighted by molar-refractivity contribution is 5.32. The summed E-state index contributed by atoms with van der Waals surface area (Å²) in [6.45, 7) is 3.56. The van der Waals surface area contributed by atoms with Crippen molar-refractivity contribution >= 4 is 0 Å². The number of nitriles is 1. The summed E-state index contributed by atoms with van der Waals surface area (Å²) in [5.74, 6) is 0.587. The minimum Gasteiger partial charge on any atom is -0.384 e. The first kappa shape index (κ1) is 15.0. The number of nitrogens with zero attached hydrogens (tertiary/aromatic N) is 2. The molecule has 0 spiro atoms. The summed E-state index contributed by atoms with van der Waals surface area (Å²) in [6, 6.07) is 12.4. The van der Waals surface area contributed by atoms with Crippen LogP contribution in [0, 0.1) is 17.2 Å². The molecule has 20 heavy (non-hydrogen) atoms. The Balaban J connectivity index is 2.09. The second-order valence-corrected chi connectivity index (χ2v) is 5.48. The van der Waals surface area contributed by atoms with Gasteiger partial charge in [0, 0.05) is 20.2 Å². The van der Waals surface area contributed by atoms with Crippen LogP contribution >= 0.6 is 0 Å². The van der Waals surface area contributed by atoms with Gasteiger partial charge in [-0.25, -0.2) is 0 Å². The fraction of sp³-hybridized carbons (Fsp3) is 0.562. The fourth-order valence-electron chi connectivity index (χ4n) is 2.96. The number of hydrogen-bond donors (Lipinski definition) is 1. The summed E-state index contributed by atoms with van der Waals surface area (Å²) in [5, 5.41) is 12.9. The molecule has 1 aromatic carbocycles. The molecule has 1 saturated heterocycles. The summed E-state index contributed by atoms with van der Waals surface area (Å²) < 4.78 is 5.23. The lowest BCUT2D eigenvalue weighted by atomic mass is 9.91. The SMILES string of the molecule is CNC(C#N)(CN1CCC(COC)C1)c1ccccc1. The molecule has 0 aromatic heterocycles. The van der Waals surface area contributed by atoms with Crippen molar-refractivity contribution in [2.24, 2.45) is 5.92 Å². The number of rotatable bonds is 6. The third-order valence-corrected chi connectivity index (χ3v) is 4.12. The van der Waals surface area contributed by atoms with E-state index in [1.54, 1.807) is 7.11 Å². The number of methoxy groups -OCH3 is 1. The van der Waals surface area contributed by atoms with Crippen LogP contribution in [0.1, 0.15) is 12.0 Å². The molecule has 0 aliphatic carbocycles. The summed E-state index contributed by atoms with van der Waals surface area (Å²) in [4.78, 5) is 2.36. The van der Waals surface area contributed by atoms with Crippen LogP contribution in [0.4, 0.5) is 0 Å². The van der Waals surface area contributed by atoms with E-state index in [2.05, 4.69) is 16.3 Å². The Kier molecular flexibility index (Phi) is 5.13. The molecule has 2 unspecified atom stereocenters. The van der Waals surface area contributed by atoms with Gasteiger partial charge >= 0.3 is 0 Å². The number of nitrogens with one attached hydrogen (secondary N) is 1. The van der Waals surface area contributed by atoms with Gasteiger partial charge in [-0.1, -0.05) is 30.3 Å². The molecule has 1 aliphatic rings. The molecule has 1 heterocycles. The number of benzene rings is 1. The molecular formula is C16H23N3O. The number of hydrogen-bond acceptors (Lipinski definition) is 4. The lowest BCUT2D eigenvalue weighted by Gasteiger charge is -2.31. The number of likely N-dealkylation sites (N-methyl/N-ethyl adjacent to an activating group) is 1. The predicted octanol–water partition coefficient (Wildman–Crippen LogP) is 1.59. The highest BCUT2D eigenvalue weighted by Crippen LogP contribution is 2.25. The van der Waals surface area contributed by atoms with Crippen LogP contribution in [0.5, 0.6) is 0 Å². The van der Waals surface area contributed by atoms with Crippen LogP contribution in [0.25, 0.3) is 0 Å². The van der Waals surface area contributed by atoms with Crippen LogP contribution in [0.2, 0.25) is 0 Å². The average molecular weight is 273 g/mol. The molecule has 2 atom stereocenters. The minimum absolute atomic E-state index is 0.587. The third-order valence-electron chi connectivity index (χ3n) is 4.12. The quantitative estimate of drug-likeness (QED) is 0.855. The van der Waals surface area contributed by atoms with Gasteiger partial charge in [0.1, 0.15) is 5.54 Å². The van der Waals surface area contributed by atoms with E-state index in [-0.39, 0.29) is 0 Å². The van der Waals surface area contributed by atoms with Gasteiger partial charge in [0.15, 0.2) is 0 Å². The van der Waals surface area contributed by atoms with Crippen molar-refractivity contribution in [3.05, 3.63) is 35.9 Å². The van der Waals surface area contributed by atoms with Gasteiger partial charge in [-0.3, -0.25) is 10.2 Å². The van der Waals surface area contributed by atoms with Crippen molar-refractivity contribution in [3.8, 4) is 6.07 Å². The van der Waals surface area contributed by atoms with Crippen molar-refractivity contribution in [3.63, 3.8) is 0 Å². The highest BCUT2D eigenvalue weighted by Gasteiger charge is 2.35. The molecular weight excluding hydrogens is 250 g/mol. The van der Waals surface area contributed by atoms with Crippen molar-refractivity contribution in [2.75, 3.05) is 40.4 Å². The van der Waals surface area contributed by atoms with Crippen LogP contribution in [0.3, 0.4) is 0 Å². The Labute approximate surface area is 121 Å². The standard InChI is InChI=1S/C16H23N3O/c1-18-16(12-17,15-6-4-3-5-7-15)13-19-9-8-14(10-19)11-20-2/h3-7,14,18H,8-11,13H2,1-2H3. The third kappa shape index (κ3) is 3.18. The summed E-state index contributed by atoms with van der Waals surface area (Å²) in [5.41, 5.74) is 0.392. The minimum atomic E-state index is -0.636. The van der Waals surface area contributed by atoms with Gasteiger partial charge in [-0.2, -0.15) is 5.26 Å². The molecule has 2 rings (SSSR count). The Morgan fingerprint density at radius 1 is 1.45 bits per heavy atom. The molecule has 1 aliphatic heterocycles. The van der Waals surface area contributed by atoms with E-state index in [9.17, 15) is 5.26 Å². The van der Waals surface area contributed by atoms with Gasteiger partial charge in [0.2, 0.25) is 0 Å². The van der Waals surface area contributed by atoms with Crippen LogP contribution in [-0.4, -0.2) is 45.3 Å². The molecule has 0 saturated carbocycles. The zero-order valence-corrected chi connectivity index (χ0v) is 12.3. The maximum absolute atomic E-state index is 9.70. The van der Waals surface area contributed by atoms with Gasteiger partial charge < -0.3 is 4.74 Å². The maximum atomic E-state index is 9.70. The largest absolute Gasteiger partial charge is 0.384 e. The molecule has 0 bridgehead atoms. The molecule has 0 radical (unpaired) electrons. The Bertz CT molecular complexity index is 457. The van der Waals surface area contributed by atoms with Crippen molar-refractivity contribution in [1.29, 1.82) is 5.26 Å². The highest BCUT2D eigenvalue weighted by atomic mass is 16.5. The second kappa shape index (κ2) is 6.85. The van der Waals surface area contributed by atoms with Gasteiger partial charge in [-0.15, -0.1) is 0 Å². The van der Waals surface area contributed by atoms with Gasteiger partial charge in [0.25, 0.3) is 0 Å². The summed E-state index contributed by atoms with van der Waals surface area (Å²) in [6.07, 6.45) is 1.15. The Hall–Kier alpha value is -1.41. The van der Waals surface area contributed by atoms with E-state index in [4.69, 9.17) is 4.74 Å². The summed E-state index contributed by atoms with van der Waals surface area (Å²) in [7, 11) is 3.61. The lowest BCUT2D eigenvalue weighted by molar-refractivity contribution is 0.150. The molecule has 0 amide bonds. The van der Waals surface area contributed by atoms with Gasteiger partial charge in [-0.05, 0) is 31.5 Å². The molecule has 1 aromatic rings. The van der Waals surface area contributed by atoms with Crippen molar-refractivity contribution < 1.29 is 4.74 Å². The number of ether oxygens (including phenoxy) is 1. The first-order chi connectivity index (χ1) is 9.74. The normalized spacial score (nSPS) is 22.4. The van der Waals surface area contributed by atoms with E-state index >= 15 is 0 Å². The molecule has 4 nitrogen and oxygen atoms in total. The average Bonchev–Trinajstić information content (AvgIpc) is 2.93. The smallest absolute Gasteiger partial charge is 0.144 e. The first-order valence-electron chi connectivity index (χ1n) is 7.11. The van der Waals surface area contributed by atoms with Crippen molar-refractivity contribution in [2.45, 2.75) is 12.0 Å². The molecule has 108 valence electrons. The van der Waals surface area contributed by atoms with Crippen LogP contribution in [-0.2, 0) is 10.3 Å². The topological polar surface area (TPSA) is 48.3 Å². The van der Waals surface area contributed by atoms with Gasteiger partial charge in [0.05, 0.1) is 12.7 Å². The summed E-state index contributed by atoms with van der Waals surface area (Å²) >= 11 is 0. The van der Waals surface area contributed by atoms with Crippen molar-refractivity contribution in [1.82, 2.24) is 10.2 Å². The predicted molar refractivity (Wildman–Crippen MR) is 79.2 cm³/mol. The first-order valence-corrected chi connectivity index (χ1v) is 7.11. The zero-order chi connectivity index (χ0) is 14.4. The van der Waals surface area contributed by atoms with E-state index in [1.165, 1.54) is 0 Å². The lowest BCUT2D eigenvalue weighted by Crippen LogP contribution is -2.48. The van der Waals surface area contributed by atoms with E-state index in [1.807, 2.05) is 37.4 Å². The second-order valence-electron chi connectivity index (χ2n) is 5.48. The monoisotopic (exact) mass is 273 g/mol. The molecule has 1 N–H and O–H groups in total. The zero-order valence-electron chi connectivity index (χ0n) is 12.3. The molecule has 4 heteroatoms.